The monoisotopic (exact) mass is 552 g/mol. The second-order valence-corrected chi connectivity index (χ2v) is 10.9. The molecular weight excluding hydrogens is 520 g/mol. The molecule has 9 heteroatoms. The Morgan fingerprint density at radius 1 is 0.737 bits per heavy atom. The highest BCUT2D eigenvalue weighted by Gasteiger charge is 2.25. The summed E-state index contributed by atoms with van der Waals surface area (Å²) in [6.45, 7) is 4.34. The van der Waals surface area contributed by atoms with Gasteiger partial charge in [-0.25, -0.2) is 0 Å². The Hall–Kier alpha value is -3.17. The average Bonchev–Trinajstić information content (AvgIpc) is 2.94. The van der Waals surface area contributed by atoms with Crippen molar-refractivity contribution in [2.45, 2.75) is 38.8 Å². The van der Waals surface area contributed by atoms with E-state index < -0.39 is 0 Å². The van der Waals surface area contributed by atoms with E-state index in [1.807, 2.05) is 60.9 Å². The van der Waals surface area contributed by atoms with Gasteiger partial charge in [-0.3, -0.25) is 14.4 Å². The van der Waals surface area contributed by atoms with Crippen LogP contribution in [0.15, 0.2) is 60.9 Å². The fraction of sp³-hybridized carbons (Fsp3) is 0.345. The van der Waals surface area contributed by atoms with Crippen LogP contribution in [0.2, 0.25) is 0 Å². The molecule has 0 spiro atoms. The molecule has 2 atom stereocenters. The Labute approximate surface area is 231 Å². The van der Waals surface area contributed by atoms with Gasteiger partial charge in [0.2, 0.25) is 0 Å². The number of thioether (sulfide) groups is 2. The number of hydrogen-bond acceptors (Lipinski definition) is 9. The van der Waals surface area contributed by atoms with Crippen molar-refractivity contribution in [1.82, 2.24) is 10.6 Å². The molecule has 4 rings (SSSR count). The van der Waals surface area contributed by atoms with E-state index in [-0.39, 0.29) is 29.8 Å². The molecule has 2 aliphatic heterocycles. The fourth-order valence-electron chi connectivity index (χ4n) is 4.27. The summed E-state index contributed by atoms with van der Waals surface area (Å²) in [6, 6.07) is 15.2. The first kappa shape index (κ1) is 27.9. The van der Waals surface area contributed by atoms with Gasteiger partial charge in [0.05, 0.1) is 26.1 Å². The molecule has 2 heterocycles. The van der Waals surface area contributed by atoms with Crippen LogP contribution in [0.25, 0.3) is 9.81 Å². The van der Waals surface area contributed by atoms with Crippen LogP contribution >= 0.6 is 23.5 Å². The Morgan fingerprint density at radius 3 is 1.53 bits per heavy atom. The molecule has 0 aromatic heterocycles. The first-order valence-corrected chi connectivity index (χ1v) is 14.7. The predicted molar refractivity (Wildman–Crippen MR) is 154 cm³/mol. The number of benzene rings is 2. The smallest absolute Gasteiger partial charge is 0.307 e. The third-order valence-corrected chi connectivity index (χ3v) is 8.53. The molecule has 2 N–H and O–H groups in total. The van der Waals surface area contributed by atoms with Crippen LogP contribution in [0.3, 0.4) is 0 Å². The second kappa shape index (κ2) is 13.6. The van der Waals surface area contributed by atoms with Gasteiger partial charge in [0, 0.05) is 68.1 Å². The molecule has 7 nitrogen and oxygen atoms in total. The van der Waals surface area contributed by atoms with Gasteiger partial charge in [-0.15, -0.1) is 23.5 Å². The Balaban J connectivity index is 1.52. The summed E-state index contributed by atoms with van der Waals surface area (Å²) in [6.07, 6.45) is 4.40. The number of rotatable bonds is 10. The quantitative estimate of drug-likeness (QED) is 0.317. The van der Waals surface area contributed by atoms with Gasteiger partial charge in [0.1, 0.15) is 0 Å². The maximum absolute atomic E-state index is 13.9. The Kier molecular flexibility index (Phi) is 9.95. The summed E-state index contributed by atoms with van der Waals surface area (Å²) < 4.78 is 10.1. The van der Waals surface area contributed by atoms with Gasteiger partial charge in [-0.1, -0.05) is 48.5 Å². The van der Waals surface area contributed by atoms with Crippen LogP contribution in [0.5, 0.6) is 0 Å². The van der Waals surface area contributed by atoms with E-state index in [1.165, 1.54) is 0 Å². The van der Waals surface area contributed by atoms with Gasteiger partial charge < -0.3 is 20.1 Å². The molecule has 0 fully saturated rings. The zero-order valence-corrected chi connectivity index (χ0v) is 23.2. The minimum Gasteiger partial charge on any atom is -0.466 e. The lowest BCUT2D eigenvalue weighted by atomic mass is 9.94. The predicted octanol–water partition coefficient (Wildman–Crippen LogP) is 4.83. The number of hydrogen-bond donors (Lipinski definition) is 2. The normalized spacial score (nSPS) is 18.8. The van der Waals surface area contributed by atoms with Gasteiger partial charge in [0.25, 0.3) is 0 Å². The zero-order valence-electron chi connectivity index (χ0n) is 21.5. The third-order valence-electron chi connectivity index (χ3n) is 6.09. The second-order valence-electron chi connectivity index (χ2n) is 8.80. The van der Waals surface area contributed by atoms with Crippen molar-refractivity contribution in [1.29, 1.82) is 0 Å². The summed E-state index contributed by atoms with van der Waals surface area (Å²) in [4.78, 5) is 39.5. The van der Waals surface area contributed by atoms with E-state index >= 15 is 0 Å². The molecule has 0 saturated carbocycles. The molecule has 0 amide bonds. The number of carbonyl (C=O) groups is 3. The lowest BCUT2D eigenvalue weighted by molar-refractivity contribution is -0.144. The minimum atomic E-state index is -0.216. The summed E-state index contributed by atoms with van der Waals surface area (Å²) in [5.41, 5.74) is 2.97. The van der Waals surface area contributed by atoms with Crippen LogP contribution in [0, 0.1) is 0 Å². The van der Waals surface area contributed by atoms with Crippen LogP contribution in [-0.2, 0) is 19.1 Å². The Morgan fingerprint density at radius 2 is 1.16 bits per heavy atom. The van der Waals surface area contributed by atoms with Crippen LogP contribution in [-0.4, -0.2) is 54.5 Å². The molecule has 38 heavy (non-hydrogen) atoms. The summed E-state index contributed by atoms with van der Waals surface area (Å²) in [5, 5.41) is 6.61. The highest BCUT2D eigenvalue weighted by Crippen LogP contribution is 2.37. The summed E-state index contributed by atoms with van der Waals surface area (Å²) >= 11 is 3.25. The number of nitrogens with one attached hydrogen (secondary N) is 2. The number of esters is 2. The highest BCUT2D eigenvalue weighted by molar-refractivity contribution is 8.08. The molecule has 2 aliphatic rings. The molecule has 2 aromatic carbocycles. The van der Waals surface area contributed by atoms with Crippen molar-refractivity contribution < 1.29 is 23.9 Å². The van der Waals surface area contributed by atoms with E-state index in [4.69, 9.17) is 9.47 Å². The van der Waals surface area contributed by atoms with Gasteiger partial charge >= 0.3 is 11.9 Å². The van der Waals surface area contributed by atoms with Crippen molar-refractivity contribution in [2.24, 2.45) is 0 Å². The largest absolute Gasteiger partial charge is 0.466 e. The SMILES string of the molecule is CCOC(=O)CC1CSC(c2ccccc2C(=O)c2ccccc2C2=CNC(CC(=O)OCC)CS2)=CN1. The zero-order chi connectivity index (χ0) is 26.9. The lowest BCUT2D eigenvalue weighted by Gasteiger charge is -2.25. The minimum absolute atomic E-state index is 0.0122. The number of carbonyl (C=O) groups excluding carboxylic acids is 3. The molecule has 0 aliphatic carbocycles. The molecule has 2 aromatic rings. The first-order chi connectivity index (χ1) is 18.5. The third kappa shape index (κ3) is 7.02. The van der Waals surface area contributed by atoms with Gasteiger partial charge in [-0.2, -0.15) is 0 Å². The lowest BCUT2D eigenvalue weighted by Crippen LogP contribution is -2.33. The maximum atomic E-state index is 13.9. The van der Waals surface area contributed by atoms with E-state index in [1.54, 1.807) is 37.4 Å². The average molecular weight is 553 g/mol. The maximum Gasteiger partial charge on any atom is 0.307 e. The summed E-state index contributed by atoms with van der Waals surface area (Å²) in [5.74, 6) is 0.914. The number of ether oxygens (including phenoxy) is 2. The molecule has 200 valence electrons. The van der Waals surface area contributed by atoms with E-state index in [0.717, 1.165) is 20.9 Å². The number of ketones is 1. The van der Waals surface area contributed by atoms with E-state index in [2.05, 4.69) is 10.6 Å². The van der Waals surface area contributed by atoms with Crippen molar-refractivity contribution >= 4 is 51.1 Å². The Bertz CT molecular complexity index is 1150. The molecule has 0 radical (unpaired) electrons. The van der Waals surface area contributed by atoms with Crippen LogP contribution in [0.1, 0.15) is 53.7 Å². The topological polar surface area (TPSA) is 93.7 Å². The molecule has 0 saturated heterocycles. The van der Waals surface area contributed by atoms with Crippen molar-refractivity contribution in [3.05, 3.63) is 83.2 Å². The van der Waals surface area contributed by atoms with E-state index in [0.29, 0.717) is 48.7 Å². The molecular formula is C29H32N2O5S2. The van der Waals surface area contributed by atoms with Gasteiger partial charge in [0.15, 0.2) is 5.78 Å². The van der Waals surface area contributed by atoms with Crippen molar-refractivity contribution in [2.75, 3.05) is 24.7 Å². The van der Waals surface area contributed by atoms with Crippen molar-refractivity contribution in [3.63, 3.8) is 0 Å². The molecule has 2 unspecified atom stereocenters. The van der Waals surface area contributed by atoms with Crippen LogP contribution < -0.4 is 10.6 Å². The summed E-state index contributed by atoms with van der Waals surface area (Å²) in [7, 11) is 0. The first-order valence-electron chi connectivity index (χ1n) is 12.7. The fourth-order valence-corrected chi connectivity index (χ4v) is 6.43. The molecule has 0 bridgehead atoms. The van der Waals surface area contributed by atoms with Crippen LogP contribution in [0.4, 0.5) is 0 Å². The van der Waals surface area contributed by atoms with Crippen molar-refractivity contribution in [3.8, 4) is 0 Å². The van der Waals surface area contributed by atoms with E-state index in [9.17, 15) is 14.4 Å². The standard InChI is InChI=1S/C29H32N2O5S2/c1-3-35-27(32)13-19-17-37-25(15-30-19)21-9-5-7-11-23(21)29(34)24-12-8-6-10-22(24)26-16-31-20(18-38-26)14-28(33)36-4-2/h5-12,15-16,19-20,30-31H,3-4,13-14,17-18H2,1-2H3. The van der Waals surface area contributed by atoms with Gasteiger partial charge in [-0.05, 0) is 13.8 Å². The highest BCUT2D eigenvalue weighted by atomic mass is 32.2.